The van der Waals surface area contributed by atoms with Crippen molar-refractivity contribution >= 4 is 0 Å². The quantitative estimate of drug-likeness (QED) is 0.451. The van der Waals surface area contributed by atoms with Crippen LogP contribution < -0.4 is 0 Å². The van der Waals surface area contributed by atoms with E-state index in [4.69, 9.17) is 0 Å². The molecule has 4 aliphatic rings. The monoisotopic (exact) mass is 530 g/mol. The van der Waals surface area contributed by atoms with Gasteiger partial charge in [0.15, 0.2) is 5.60 Å². The fourth-order valence-corrected chi connectivity index (χ4v) is 6.76. The summed E-state index contributed by atoms with van der Waals surface area (Å²) in [5.74, 6) is -5.88. The summed E-state index contributed by atoms with van der Waals surface area (Å²) in [6.07, 6.45) is 1.60. The molecule has 3 aromatic rings. The Labute approximate surface area is 218 Å². The number of aliphatic hydroxyl groups is 1. The smallest absolute Gasteiger partial charge is 0.287 e. The number of likely N-dealkylation sites (N-methyl/N-ethyl adjacent to an activating group) is 1. The number of piperazine rings is 1. The lowest BCUT2D eigenvalue weighted by atomic mass is 9.30. The fourth-order valence-electron chi connectivity index (χ4n) is 6.76. The summed E-state index contributed by atoms with van der Waals surface area (Å²) in [7, 11) is 2.12. The lowest BCUT2D eigenvalue weighted by Gasteiger charge is -2.74. The number of rotatable bonds is 8. The van der Waals surface area contributed by atoms with Crippen LogP contribution in [0.4, 0.5) is 17.6 Å². The molecule has 2 bridgehead atoms. The topological polar surface area (TPSA) is 70.3 Å². The van der Waals surface area contributed by atoms with Crippen LogP contribution in [0.1, 0.15) is 36.0 Å². The average molecular weight is 531 g/mol. The van der Waals surface area contributed by atoms with Gasteiger partial charge in [0.1, 0.15) is 18.0 Å². The molecule has 0 spiro atoms. The van der Waals surface area contributed by atoms with Crippen molar-refractivity contribution in [2.24, 2.45) is 5.41 Å². The number of alkyl halides is 2. The first-order valence-electron chi connectivity index (χ1n) is 12.8. The van der Waals surface area contributed by atoms with E-state index >= 15 is 8.78 Å². The SMILES string of the molecule is CN1CCN(Cc2ccc(C34CC(C(F)(F)C(O)(Cn5cnnn5)c5ccc(F)cc5F)(C3)C4)cc2)CC1. The highest BCUT2D eigenvalue weighted by atomic mass is 19.3. The van der Waals surface area contributed by atoms with Crippen LogP contribution in [0.3, 0.4) is 0 Å². The average Bonchev–Trinajstić information content (AvgIpc) is 3.32. The van der Waals surface area contributed by atoms with Crippen LogP contribution in [-0.4, -0.2) is 74.3 Å². The maximum Gasteiger partial charge on any atom is 0.287 e. The van der Waals surface area contributed by atoms with Gasteiger partial charge in [-0.3, -0.25) is 4.90 Å². The predicted molar refractivity (Wildman–Crippen MR) is 130 cm³/mol. The van der Waals surface area contributed by atoms with Crippen molar-refractivity contribution in [3.63, 3.8) is 0 Å². The third-order valence-corrected chi connectivity index (χ3v) is 8.94. The van der Waals surface area contributed by atoms with E-state index in [0.717, 1.165) is 61.4 Å². The molecule has 1 N–H and O–H groups in total. The molecule has 1 aromatic heterocycles. The maximum absolute atomic E-state index is 16.3. The Morgan fingerprint density at radius 2 is 1.66 bits per heavy atom. The van der Waals surface area contributed by atoms with E-state index in [9.17, 15) is 13.9 Å². The minimum absolute atomic E-state index is 0.172. The number of aromatic nitrogens is 4. The molecular weight excluding hydrogens is 500 g/mol. The lowest BCUT2D eigenvalue weighted by Crippen LogP contribution is -2.76. The summed E-state index contributed by atoms with van der Waals surface area (Å²) in [5.41, 5.74) is -3.34. The number of hydrogen-bond acceptors (Lipinski definition) is 6. The van der Waals surface area contributed by atoms with Crippen LogP contribution in [0, 0.1) is 17.0 Å². The van der Waals surface area contributed by atoms with Crippen LogP contribution >= 0.6 is 0 Å². The van der Waals surface area contributed by atoms with Crippen molar-refractivity contribution < 1.29 is 22.7 Å². The van der Waals surface area contributed by atoms with Gasteiger partial charge in [0, 0.05) is 49.8 Å². The first kappa shape index (κ1) is 25.4. The molecule has 1 saturated heterocycles. The minimum atomic E-state index is -3.73. The molecule has 3 aliphatic carbocycles. The molecule has 3 saturated carbocycles. The number of halogens is 4. The third kappa shape index (κ3) is 3.85. The molecule has 7 rings (SSSR count). The van der Waals surface area contributed by atoms with E-state index in [1.807, 2.05) is 12.1 Å². The highest BCUT2D eigenvalue weighted by molar-refractivity contribution is 5.43. The normalized spacial score (nSPS) is 27.4. The largest absolute Gasteiger partial charge is 0.377 e. The van der Waals surface area contributed by atoms with E-state index in [0.29, 0.717) is 6.07 Å². The van der Waals surface area contributed by atoms with Crippen molar-refractivity contribution in [3.05, 3.63) is 77.1 Å². The Bertz CT molecular complexity index is 1290. The molecule has 11 heteroatoms. The van der Waals surface area contributed by atoms with Gasteiger partial charge in [0.2, 0.25) is 0 Å². The summed E-state index contributed by atoms with van der Waals surface area (Å²) in [6, 6.07) is 10.4. The number of tetrazole rings is 1. The summed E-state index contributed by atoms with van der Waals surface area (Å²) in [6.45, 7) is 4.20. The van der Waals surface area contributed by atoms with E-state index in [-0.39, 0.29) is 24.7 Å². The van der Waals surface area contributed by atoms with Crippen LogP contribution in [0.25, 0.3) is 0 Å². The Hall–Kier alpha value is -2.89. The third-order valence-electron chi connectivity index (χ3n) is 8.94. The van der Waals surface area contributed by atoms with E-state index in [1.54, 1.807) is 0 Å². The standard InChI is InChI=1S/C27H30F4N6O/c1-35-8-10-36(11-9-35)13-19-2-4-20(5-3-19)24-14-25(15-24,16-24)27(30,31)26(38,17-37-18-32-33-34-37)22-7-6-21(28)12-23(22)29/h2-7,12,18,38H,8-11,13-17H2,1H3. The van der Waals surface area contributed by atoms with Crippen LogP contribution in [0.5, 0.6) is 0 Å². The van der Waals surface area contributed by atoms with Crippen molar-refractivity contribution in [3.8, 4) is 0 Å². The highest BCUT2D eigenvalue weighted by Gasteiger charge is 2.82. The molecular formula is C27H30F4N6O. The molecule has 2 aromatic carbocycles. The van der Waals surface area contributed by atoms with Gasteiger partial charge < -0.3 is 10.0 Å². The summed E-state index contributed by atoms with van der Waals surface area (Å²) >= 11 is 0. The molecule has 0 amide bonds. The van der Waals surface area contributed by atoms with Gasteiger partial charge in [-0.25, -0.2) is 22.2 Å². The molecule has 2 heterocycles. The fraction of sp³-hybridized carbons (Fsp3) is 0.519. The van der Waals surface area contributed by atoms with Gasteiger partial charge in [-0.05, 0) is 65.4 Å². The molecule has 4 fully saturated rings. The van der Waals surface area contributed by atoms with E-state index in [1.165, 1.54) is 5.56 Å². The zero-order valence-corrected chi connectivity index (χ0v) is 21.1. The molecule has 38 heavy (non-hydrogen) atoms. The van der Waals surface area contributed by atoms with Crippen LogP contribution in [0.15, 0.2) is 48.8 Å². The molecule has 1 aliphatic heterocycles. The summed E-state index contributed by atoms with van der Waals surface area (Å²) in [4.78, 5) is 4.72. The van der Waals surface area contributed by atoms with Crippen molar-refractivity contribution in [1.29, 1.82) is 0 Å². The molecule has 1 unspecified atom stereocenters. The molecule has 202 valence electrons. The van der Waals surface area contributed by atoms with Crippen molar-refractivity contribution in [2.75, 3.05) is 33.2 Å². The summed E-state index contributed by atoms with van der Waals surface area (Å²) < 4.78 is 62.0. The summed E-state index contributed by atoms with van der Waals surface area (Å²) in [5, 5.41) is 22.0. The maximum atomic E-state index is 16.3. The van der Waals surface area contributed by atoms with Crippen molar-refractivity contribution in [1.82, 2.24) is 30.0 Å². The molecule has 1 atom stereocenters. The van der Waals surface area contributed by atoms with Gasteiger partial charge in [-0.15, -0.1) is 5.10 Å². The van der Waals surface area contributed by atoms with Crippen LogP contribution in [0.2, 0.25) is 0 Å². The first-order chi connectivity index (χ1) is 18.1. The number of benzene rings is 2. The predicted octanol–water partition coefficient (Wildman–Crippen LogP) is 3.34. The Balaban J connectivity index is 1.21. The zero-order valence-electron chi connectivity index (χ0n) is 21.1. The van der Waals surface area contributed by atoms with Crippen LogP contribution in [-0.2, 0) is 24.1 Å². The van der Waals surface area contributed by atoms with Gasteiger partial charge in [0.05, 0.1) is 6.54 Å². The number of hydrogen-bond donors (Lipinski definition) is 1. The van der Waals surface area contributed by atoms with Gasteiger partial charge >= 0.3 is 0 Å². The lowest BCUT2D eigenvalue weighted by molar-refractivity contribution is -0.347. The minimum Gasteiger partial charge on any atom is -0.377 e. The second-order valence-corrected chi connectivity index (χ2v) is 11.4. The number of nitrogens with zero attached hydrogens (tertiary/aromatic N) is 6. The second kappa shape index (κ2) is 8.82. The molecule has 7 nitrogen and oxygen atoms in total. The first-order valence-corrected chi connectivity index (χ1v) is 12.8. The Kier molecular flexibility index (Phi) is 5.89. The Morgan fingerprint density at radius 1 is 0.974 bits per heavy atom. The van der Waals surface area contributed by atoms with E-state index < -0.39 is 40.7 Å². The van der Waals surface area contributed by atoms with Gasteiger partial charge in [0.25, 0.3) is 5.92 Å². The van der Waals surface area contributed by atoms with E-state index in [2.05, 4.69) is 44.5 Å². The Morgan fingerprint density at radius 3 is 2.26 bits per heavy atom. The zero-order chi connectivity index (χ0) is 26.8. The second-order valence-electron chi connectivity index (χ2n) is 11.4. The van der Waals surface area contributed by atoms with Gasteiger partial charge in [-0.1, -0.05) is 24.3 Å². The molecule has 0 radical (unpaired) electrons. The highest BCUT2D eigenvalue weighted by Crippen LogP contribution is 2.80. The van der Waals surface area contributed by atoms with Crippen molar-refractivity contribution in [2.45, 2.75) is 49.3 Å². The van der Waals surface area contributed by atoms with Gasteiger partial charge in [-0.2, -0.15) is 0 Å².